The fraction of sp³-hybridized carbons (Fsp3) is 0.333. The Hall–Kier alpha value is -1.11. The molecule has 1 heterocycles. The monoisotopic (exact) mass is 296 g/mol. The van der Waals surface area contributed by atoms with Crippen molar-refractivity contribution in [3.05, 3.63) is 22.8 Å². The summed E-state index contributed by atoms with van der Waals surface area (Å²) in [5, 5.41) is 2.29. The third-order valence-corrected chi connectivity index (χ3v) is 2.29. The normalized spacial score (nSPS) is 11.2. The van der Waals surface area contributed by atoms with Gasteiger partial charge in [-0.2, -0.15) is 13.2 Å². The van der Waals surface area contributed by atoms with Gasteiger partial charge in [-0.1, -0.05) is 0 Å². The summed E-state index contributed by atoms with van der Waals surface area (Å²) in [6, 6.07) is 3.27. The number of nitrogens with zero attached hydrogens (tertiary/aromatic N) is 1. The molecule has 0 saturated carbocycles. The minimum absolute atomic E-state index is 0.217. The van der Waals surface area contributed by atoms with E-state index in [4.69, 9.17) is 0 Å². The van der Waals surface area contributed by atoms with Crippen LogP contribution < -0.4 is 5.32 Å². The van der Waals surface area contributed by atoms with Crippen LogP contribution in [0.15, 0.2) is 22.8 Å². The van der Waals surface area contributed by atoms with Crippen molar-refractivity contribution in [2.24, 2.45) is 0 Å². The van der Waals surface area contributed by atoms with Crippen molar-refractivity contribution in [3.63, 3.8) is 0 Å². The van der Waals surface area contributed by atoms with Gasteiger partial charge in [0.05, 0.1) is 10.9 Å². The molecule has 0 atom stereocenters. The number of halogens is 4. The summed E-state index contributed by atoms with van der Waals surface area (Å²) in [6.07, 6.45) is -4.63. The molecule has 1 N–H and O–H groups in total. The van der Waals surface area contributed by atoms with E-state index in [2.05, 4.69) is 26.2 Å². The third kappa shape index (κ3) is 4.61. The van der Waals surface area contributed by atoms with E-state index < -0.39 is 24.9 Å². The van der Waals surface area contributed by atoms with Gasteiger partial charge in [-0.15, -0.1) is 0 Å². The molecule has 16 heavy (non-hydrogen) atoms. The maximum atomic E-state index is 11.8. The van der Waals surface area contributed by atoms with Crippen molar-refractivity contribution in [1.29, 1.82) is 0 Å². The van der Waals surface area contributed by atoms with Gasteiger partial charge in [-0.05, 0) is 28.1 Å². The number of carbonyl (C=O) groups is 1. The number of carbonyl (C=O) groups excluding carboxylic acids is 1. The van der Waals surface area contributed by atoms with Crippen LogP contribution in [0, 0.1) is 0 Å². The largest absolute Gasteiger partial charge is 0.389 e. The molecule has 0 fully saturated rings. The first kappa shape index (κ1) is 13.0. The average Bonchev–Trinajstić information content (AvgIpc) is 2.18. The molecule has 0 saturated heterocycles. The number of amides is 1. The van der Waals surface area contributed by atoms with E-state index in [0.717, 1.165) is 0 Å². The molecule has 3 nitrogen and oxygen atoms in total. The molecule has 7 heteroatoms. The second kappa shape index (κ2) is 5.29. The lowest BCUT2D eigenvalue weighted by Crippen LogP contribution is -2.17. The van der Waals surface area contributed by atoms with E-state index in [-0.39, 0.29) is 5.82 Å². The van der Waals surface area contributed by atoms with Crippen LogP contribution in [-0.2, 0) is 4.79 Å². The van der Waals surface area contributed by atoms with Crippen molar-refractivity contribution in [3.8, 4) is 0 Å². The van der Waals surface area contributed by atoms with Gasteiger partial charge in [0, 0.05) is 12.6 Å². The summed E-state index contributed by atoms with van der Waals surface area (Å²) in [7, 11) is 0. The lowest BCUT2D eigenvalue weighted by atomic mass is 10.3. The molecule has 0 aliphatic heterocycles. The first-order valence-electron chi connectivity index (χ1n) is 4.35. The highest BCUT2D eigenvalue weighted by molar-refractivity contribution is 9.10. The van der Waals surface area contributed by atoms with Crippen LogP contribution in [-0.4, -0.2) is 17.1 Å². The Morgan fingerprint density at radius 2 is 2.19 bits per heavy atom. The zero-order valence-corrected chi connectivity index (χ0v) is 9.60. The Labute approximate surface area is 98.2 Å². The van der Waals surface area contributed by atoms with Crippen molar-refractivity contribution in [2.75, 3.05) is 5.32 Å². The van der Waals surface area contributed by atoms with Crippen molar-refractivity contribution in [2.45, 2.75) is 19.0 Å². The fourth-order valence-electron chi connectivity index (χ4n) is 0.927. The molecule has 0 unspecified atom stereocenters. The molecule has 1 aromatic rings. The van der Waals surface area contributed by atoms with E-state index in [1.165, 1.54) is 6.20 Å². The van der Waals surface area contributed by atoms with Crippen LogP contribution in [0.3, 0.4) is 0 Å². The molecule has 0 spiro atoms. The number of nitrogens with one attached hydrogen (secondary N) is 1. The summed E-state index contributed by atoms with van der Waals surface area (Å²) in [5.41, 5.74) is 0. The SMILES string of the molecule is O=C(CCC(F)(F)F)Nc1ncccc1Br. The Balaban J connectivity index is 2.50. The second-order valence-electron chi connectivity index (χ2n) is 3.00. The van der Waals surface area contributed by atoms with Crippen LogP contribution in [0.1, 0.15) is 12.8 Å². The topological polar surface area (TPSA) is 42.0 Å². The average molecular weight is 297 g/mol. The van der Waals surface area contributed by atoms with E-state index in [0.29, 0.717) is 4.47 Å². The highest BCUT2D eigenvalue weighted by Crippen LogP contribution is 2.22. The maximum Gasteiger partial charge on any atom is 0.389 e. The highest BCUT2D eigenvalue weighted by atomic mass is 79.9. The standard InChI is InChI=1S/C9H8BrF3N2O/c10-6-2-1-5-14-8(6)15-7(16)3-4-9(11,12)13/h1-2,5H,3-4H2,(H,14,15,16). The van der Waals surface area contributed by atoms with Gasteiger partial charge in [0.25, 0.3) is 0 Å². The van der Waals surface area contributed by atoms with Crippen LogP contribution in [0.25, 0.3) is 0 Å². The molecule has 1 amide bonds. The number of pyridine rings is 1. The molecule has 0 aliphatic carbocycles. The van der Waals surface area contributed by atoms with Gasteiger partial charge in [-0.25, -0.2) is 4.98 Å². The van der Waals surface area contributed by atoms with Crippen LogP contribution in [0.5, 0.6) is 0 Å². The minimum atomic E-state index is -4.32. The summed E-state index contributed by atoms with van der Waals surface area (Å²) < 4.78 is 36.0. The summed E-state index contributed by atoms with van der Waals surface area (Å²) in [6.45, 7) is 0. The van der Waals surface area contributed by atoms with Crippen molar-refractivity contribution in [1.82, 2.24) is 4.98 Å². The predicted molar refractivity (Wildman–Crippen MR) is 55.9 cm³/mol. The van der Waals surface area contributed by atoms with Gasteiger partial charge >= 0.3 is 6.18 Å². The Morgan fingerprint density at radius 3 is 2.75 bits per heavy atom. The van der Waals surface area contributed by atoms with Crippen molar-refractivity contribution >= 4 is 27.7 Å². The molecule has 0 bridgehead atoms. The third-order valence-electron chi connectivity index (χ3n) is 1.65. The lowest BCUT2D eigenvalue weighted by molar-refractivity contribution is -0.142. The minimum Gasteiger partial charge on any atom is -0.310 e. The number of hydrogen-bond acceptors (Lipinski definition) is 2. The highest BCUT2D eigenvalue weighted by Gasteiger charge is 2.27. The van der Waals surface area contributed by atoms with Crippen molar-refractivity contribution < 1.29 is 18.0 Å². The molecule has 1 rings (SSSR count). The number of anilines is 1. The van der Waals surface area contributed by atoms with Gasteiger partial charge in [0.15, 0.2) is 0 Å². The molecule has 88 valence electrons. The molecule has 0 radical (unpaired) electrons. The molecular weight excluding hydrogens is 289 g/mol. The Morgan fingerprint density at radius 1 is 1.50 bits per heavy atom. The number of hydrogen-bond donors (Lipinski definition) is 1. The summed E-state index contributed by atoms with van der Waals surface area (Å²) in [4.78, 5) is 14.9. The van der Waals surface area contributed by atoms with Gasteiger partial charge in [-0.3, -0.25) is 4.79 Å². The van der Waals surface area contributed by atoms with E-state index in [1.807, 2.05) is 0 Å². The van der Waals surface area contributed by atoms with Gasteiger partial charge < -0.3 is 5.32 Å². The quantitative estimate of drug-likeness (QED) is 0.931. The van der Waals surface area contributed by atoms with E-state index >= 15 is 0 Å². The predicted octanol–water partition coefficient (Wildman–Crippen LogP) is 3.13. The molecular formula is C9H8BrF3N2O. The van der Waals surface area contributed by atoms with Crippen LogP contribution in [0.4, 0.5) is 19.0 Å². The summed E-state index contributed by atoms with van der Waals surface area (Å²) in [5.74, 6) is -0.494. The van der Waals surface area contributed by atoms with Gasteiger partial charge in [0.2, 0.25) is 5.91 Å². The first-order valence-corrected chi connectivity index (χ1v) is 5.15. The first-order chi connectivity index (χ1) is 7.38. The zero-order chi connectivity index (χ0) is 12.2. The maximum absolute atomic E-state index is 11.8. The Bertz CT molecular complexity index is 381. The second-order valence-corrected chi connectivity index (χ2v) is 3.85. The van der Waals surface area contributed by atoms with E-state index in [1.54, 1.807) is 12.1 Å². The zero-order valence-electron chi connectivity index (χ0n) is 8.01. The fourth-order valence-corrected chi connectivity index (χ4v) is 1.28. The Kier molecular flexibility index (Phi) is 4.28. The molecule has 1 aromatic heterocycles. The smallest absolute Gasteiger partial charge is 0.310 e. The van der Waals surface area contributed by atoms with E-state index in [9.17, 15) is 18.0 Å². The molecule has 0 aromatic carbocycles. The van der Waals surface area contributed by atoms with Crippen LogP contribution >= 0.6 is 15.9 Å². The summed E-state index contributed by atoms with van der Waals surface area (Å²) >= 11 is 3.12. The number of aromatic nitrogens is 1. The van der Waals surface area contributed by atoms with Gasteiger partial charge in [0.1, 0.15) is 5.82 Å². The molecule has 0 aliphatic rings. The number of rotatable bonds is 3. The number of alkyl halides is 3. The lowest BCUT2D eigenvalue weighted by Gasteiger charge is -2.07. The van der Waals surface area contributed by atoms with Crippen LogP contribution in [0.2, 0.25) is 0 Å².